The number of hydrogen-bond donors (Lipinski definition) is 2. The normalized spacial score (nSPS) is 32.9. The molecule has 1 fully saturated rings. The van der Waals surface area contributed by atoms with E-state index in [2.05, 4.69) is 4.74 Å². The first-order valence-corrected chi connectivity index (χ1v) is 4.82. The second-order valence-corrected chi connectivity index (χ2v) is 4.07. The molecule has 2 atom stereocenters. The van der Waals surface area contributed by atoms with Crippen molar-refractivity contribution in [2.75, 3.05) is 0 Å². The summed E-state index contributed by atoms with van der Waals surface area (Å²) in [4.78, 5) is 21.1. The highest BCUT2D eigenvalue weighted by Gasteiger charge is 2.31. The number of cyclic esters (lactones) is 2. The molecular formula is C4H4O5S2. The van der Waals surface area contributed by atoms with Crippen LogP contribution in [0.1, 0.15) is 0 Å². The maximum Gasteiger partial charge on any atom is 0.354 e. The minimum absolute atomic E-state index is 0.686. The molecule has 1 aliphatic rings. The standard InChI is InChI=1S/C4H4O5S2/c5-1-3(7)10-11-4(8)2(6)9-1/h3-4,7-8H. The number of ether oxygens (including phenoxy) is 1. The average Bonchev–Trinajstić information content (AvgIpc) is 2.05. The van der Waals surface area contributed by atoms with Crippen LogP contribution >= 0.6 is 21.6 Å². The highest BCUT2D eigenvalue weighted by Crippen LogP contribution is 2.32. The van der Waals surface area contributed by atoms with Crippen molar-refractivity contribution in [3.8, 4) is 0 Å². The first-order valence-electron chi connectivity index (χ1n) is 2.55. The van der Waals surface area contributed by atoms with Gasteiger partial charge in [0.25, 0.3) is 0 Å². The van der Waals surface area contributed by atoms with Crippen LogP contribution in [0, 0.1) is 0 Å². The zero-order valence-corrected chi connectivity index (χ0v) is 6.72. The predicted molar refractivity (Wildman–Crippen MR) is 38.3 cm³/mol. The van der Waals surface area contributed by atoms with Crippen molar-refractivity contribution in [2.24, 2.45) is 0 Å². The van der Waals surface area contributed by atoms with Crippen LogP contribution in [0.4, 0.5) is 0 Å². The van der Waals surface area contributed by atoms with E-state index in [1.807, 2.05) is 0 Å². The molecule has 1 saturated heterocycles. The Hall–Kier alpha value is -0.240. The molecule has 0 amide bonds. The lowest BCUT2D eigenvalue weighted by Crippen LogP contribution is -2.23. The quantitative estimate of drug-likeness (QED) is 0.295. The van der Waals surface area contributed by atoms with Crippen molar-refractivity contribution in [1.82, 2.24) is 0 Å². The number of carbonyl (C=O) groups excluding carboxylic acids is 2. The summed E-state index contributed by atoms with van der Waals surface area (Å²) < 4.78 is 4.02. The van der Waals surface area contributed by atoms with Crippen molar-refractivity contribution in [3.63, 3.8) is 0 Å². The lowest BCUT2D eigenvalue weighted by Gasteiger charge is -1.99. The molecule has 7 heteroatoms. The number of carbonyl (C=O) groups is 2. The zero-order valence-electron chi connectivity index (χ0n) is 5.09. The van der Waals surface area contributed by atoms with E-state index in [4.69, 9.17) is 10.2 Å². The Morgan fingerprint density at radius 1 is 1.09 bits per heavy atom. The van der Waals surface area contributed by atoms with Gasteiger partial charge in [-0.05, 0) is 21.6 Å². The summed E-state index contributed by atoms with van der Waals surface area (Å²) in [5.41, 5.74) is -2.80. The van der Waals surface area contributed by atoms with E-state index in [-0.39, 0.29) is 0 Å². The summed E-state index contributed by atoms with van der Waals surface area (Å²) in [5, 5.41) is 17.6. The molecule has 0 aromatic heterocycles. The average molecular weight is 196 g/mol. The van der Waals surface area contributed by atoms with Crippen molar-refractivity contribution in [2.45, 2.75) is 10.9 Å². The number of aliphatic hydroxyl groups excluding tert-OH is 2. The third-order valence-electron chi connectivity index (χ3n) is 0.842. The fourth-order valence-corrected chi connectivity index (χ4v) is 1.95. The molecule has 0 aliphatic carbocycles. The second-order valence-electron chi connectivity index (χ2n) is 1.64. The Balaban J connectivity index is 2.66. The minimum atomic E-state index is -1.40. The molecule has 0 aromatic carbocycles. The van der Waals surface area contributed by atoms with Crippen LogP contribution in [0.5, 0.6) is 0 Å². The van der Waals surface area contributed by atoms with Crippen LogP contribution in [0.3, 0.4) is 0 Å². The van der Waals surface area contributed by atoms with Crippen LogP contribution in [0.25, 0.3) is 0 Å². The summed E-state index contributed by atoms with van der Waals surface area (Å²) in [5.74, 6) is -2.08. The summed E-state index contributed by atoms with van der Waals surface area (Å²) in [6.45, 7) is 0. The minimum Gasteiger partial charge on any atom is -0.388 e. The van der Waals surface area contributed by atoms with Crippen LogP contribution in [0.2, 0.25) is 0 Å². The molecule has 11 heavy (non-hydrogen) atoms. The molecule has 1 heterocycles. The molecular weight excluding hydrogens is 192 g/mol. The Bertz CT molecular complexity index is 173. The Morgan fingerprint density at radius 3 is 1.82 bits per heavy atom. The largest absolute Gasteiger partial charge is 0.388 e. The van der Waals surface area contributed by atoms with Crippen molar-refractivity contribution >= 4 is 33.5 Å². The van der Waals surface area contributed by atoms with E-state index < -0.39 is 22.8 Å². The molecule has 0 radical (unpaired) electrons. The summed E-state index contributed by atoms with van der Waals surface area (Å²) in [6.07, 6.45) is 0. The van der Waals surface area contributed by atoms with Gasteiger partial charge in [0.1, 0.15) is 0 Å². The fourth-order valence-electron chi connectivity index (χ4n) is 0.384. The van der Waals surface area contributed by atoms with Gasteiger partial charge in [0.2, 0.25) is 10.9 Å². The maximum atomic E-state index is 10.5. The van der Waals surface area contributed by atoms with Crippen LogP contribution < -0.4 is 0 Å². The van der Waals surface area contributed by atoms with Gasteiger partial charge in [0.15, 0.2) is 0 Å². The molecule has 5 nitrogen and oxygen atoms in total. The van der Waals surface area contributed by atoms with E-state index in [1.54, 1.807) is 0 Å². The lowest BCUT2D eigenvalue weighted by molar-refractivity contribution is -0.165. The molecule has 1 aliphatic heterocycles. The first-order chi connectivity index (χ1) is 5.11. The van der Waals surface area contributed by atoms with Gasteiger partial charge in [-0.2, -0.15) is 0 Å². The Kier molecular flexibility index (Phi) is 2.77. The number of esters is 2. The van der Waals surface area contributed by atoms with Gasteiger partial charge in [0, 0.05) is 0 Å². The Morgan fingerprint density at radius 2 is 1.45 bits per heavy atom. The maximum absolute atomic E-state index is 10.5. The van der Waals surface area contributed by atoms with E-state index in [0.29, 0.717) is 21.6 Å². The monoisotopic (exact) mass is 196 g/mol. The number of rotatable bonds is 0. The summed E-state index contributed by atoms with van der Waals surface area (Å²) >= 11 is 0. The number of hydrogen-bond acceptors (Lipinski definition) is 7. The molecule has 62 valence electrons. The molecule has 2 N–H and O–H groups in total. The van der Waals surface area contributed by atoms with Gasteiger partial charge >= 0.3 is 11.9 Å². The second kappa shape index (κ2) is 3.44. The van der Waals surface area contributed by atoms with Gasteiger partial charge in [-0.25, -0.2) is 9.59 Å². The van der Waals surface area contributed by atoms with Gasteiger partial charge in [0.05, 0.1) is 0 Å². The highest BCUT2D eigenvalue weighted by molar-refractivity contribution is 8.77. The molecule has 0 bridgehead atoms. The number of aliphatic hydroxyl groups is 2. The lowest BCUT2D eigenvalue weighted by atomic mass is 10.7. The summed E-state index contributed by atoms with van der Waals surface area (Å²) in [6, 6.07) is 0. The van der Waals surface area contributed by atoms with Crippen LogP contribution in [-0.4, -0.2) is 33.0 Å². The van der Waals surface area contributed by atoms with Crippen molar-refractivity contribution < 1.29 is 24.5 Å². The van der Waals surface area contributed by atoms with Crippen LogP contribution in [0.15, 0.2) is 0 Å². The topological polar surface area (TPSA) is 83.8 Å². The van der Waals surface area contributed by atoms with Gasteiger partial charge in [-0.15, -0.1) is 0 Å². The van der Waals surface area contributed by atoms with E-state index in [0.717, 1.165) is 0 Å². The van der Waals surface area contributed by atoms with Gasteiger partial charge in [-0.1, -0.05) is 0 Å². The predicted octanol–water partition coefficient (Wildman–Crippen LogP) is -0.912. The molecule has 0 saturated carbocycles. The van der Waals surface area contributed by atoms with E-state index in [9.17, 15) is 9.59 Å². The third kappa shape index (κ3) is 2.09. The van der Waals surface area contributed by atoms with E-state index in [1.165, 1.54) is 0 Å². The molecule has 0 spiro atoms. The third-order valence-corrected chi connectivity index (χ3v) is 3.13. The molecule has 0 aromatic rings. The summed E-state index contributed by atoms with van der Waals surface area (Å²) in [7, 11) is 1.37. The SMILES string of the molecule is O=C1OC(=O)C(O)SSC1O. The molecule has 2 unspecified atom stereocenters. The van der Waals surface area contributed by atoms with Gasteiger partial charge in [-0.3, -0.25) is 0 Å². The first kappa shape index (κ1) is 8.85. The highest BCUT2D eigenvalue weighted by atomic mass is 33.1. The van der Waals surface area contributed by atoms with E-state index >= 15 is 0 Å². The zero-order chi connectivity index (χ0) is 8.43. The van der Waals surface area contributed by atoms with Crippen LogP contribution in [-0.2, 0) is 14.3 Å². The molecule has 1 rings (SSSR count). The van der Waals surface area contributed by atoms with Gasteiger partial charge < -0.3 is 14.9 Å². The van der Waals surface area contributed by atoms with Crippen molar-refractivity contribution in [3.05, 3.63) is 0 Å². The Labute approximate surface area is 69.5 Å². The smallest absolute Gasteiger partial charge is 0.354 e. The fraction of sp³-hybridized carbons (Fsp3) is 0.500. The van der Waals surface area contributed by atoms with Crippen molar-refractivity contribution in [1.29, 1.82) is 0 Å².